The van der Waals surface area contributed by atoms with Gasteiger partial charge in [0.25, 0.3) is 5.91 Å². The molecule has 1 heterocycles. The van der Waals surface area contributed by atoms with Gasteiger partial charge in [-0.2, -0.15) is 13.2 Å². The third-order valence-electron chi connectivity index (χ3n) is 4.19. The van der Waals surface area contributed by atoms with Crippen LogP contribution in [0.5, 0.6) is 5.75 Å². The van der Waals surface area contributed by atoms with Gasteiger partial charge in [0, 0.05) is 24.0 Å². The van der Waals surface area contributed by atoms with Gasteiger partial charge in [-0.1, -0.05) is 11.6 Å². The van der Waals surface area contributed by atoms with E-state index in [1.54, 1.807) is 6.07 Å². The molecule has 1 aromatic carbocycles. The molecule has 0 unspecified atom stereocenters. The van der Waals surface area contributed by atoms with Crippen LogP contribution in [0.3, 0.4) is 0 Å². The zero-order valence-corrected chi connectivity index (χ0v) is 16.1. The third-order valence-corrected chi connectivity index (χ3v) is 4.42. The molecule has 0 aliphatic carbocycles. The Bertz CT molecular complexity index is 767. The van der Waals surface area contributed by atoms with E-state index in [2.05, 4.69) is 15.6 Å². The summed E-state index contributed by atoms with van der Waals surface area (Å²) in [6, 6.07) is 4.43. The summed E-state index contributed by atoms with van der Waals surface area (Å²) >= 11 is 5.86. The molecular formula is C17H19ClF3N3O5. The number of carbonyl (C=O) groups excluding carboxylic acids is 3. The summed E-state index contributed by atoms with van der Waals surface area (Å²) in [5.74, 6) is -1.37. The normalized spacial score (nSPS) is 14.9. The fourth-order valence-corrected chi connectivity index (χ4v) is 2.88. The highest BCUT2D eigenvalue weighted by atomic mass is 35.5. The minimum Gasteiger partial charge on any atom is -0.496 e. The Morgan fingerprint density at radius 3 is 2.45 bits per heavy atom. The summed E-state index contributed by atoms with van der Waals surface area (Å²) in [6.07, 6.45) is -5.26. The first kappa shape index (κ1) is 22.6. The Labute approximate surface area is 169 Å². The number of rotatable bonds is 4. The van der Waals surface area contributed by atoms with Gasteiger partial charge in [-0.3, -0.25) is 20.4 Å². The van der Waals surface area contributed by atoms with Crippen molar-refractivity contribution >= 4 is 29.5 Å². The molecule has 8 nitrogen and oxygen atoms in total. The Morgan fingerprint density at radius 1 is 1.21 bits per heavy atom. The predicted octanol–water partition coefficient (Wildman–Crippen LogP) is 2.52. The second-order valence-electron chi connectivity index (χ2n) is 6.22. The Balaban J connectivity index is 1.81. The van der Waals surface area contributed by atoms with Gasteiger partial charge in [0.05, 0.1) is 12.7 Å². The SMILES string of the molecule is COc1ccc(Cl)cc1C(=O)NNC(=O)C1CCN(C(=O)OCC(F)(F)F)CC1. The van der Waals surface area contributed by atoms with Crippen LogP contribution in [0.15, 0.2) is 18.2 Å². The lowest BCUT2D eigenvalue weighted by Gasteiger charge is -2.30. The number of piperidine rings is 1. The number of methoxy groups -OCH3 is 1. The minimum absolute atomic E-state index is 0.0604. The van der Waals surface area contributed by atoms with Crippen molar-refractivity contribution in [2.75, 3.05) is 26.8 Å². The lowest BCUT2D eigenvalue weighted by molar-refractivity contribution is -0.162. The molecule has 0 bridgehead atoms. The van der Waals surface area contributed by atoms with Crippen LogP contribution in [-0.4, -0.2) is 55.8 Å². The van der Waals surface area contributed by atoms with Crippen LogP contribution < -0.4 is 15.6 Å². The number of nitrogens with zero attached hydrogens (tertiary/aromatic N) is 1. The summed E-state index contributed by atoms with van der Waals surface area (Å²) in [4.78, 5) is 37.2. The number of hydrogen-bond acceptors (Lipinski definition) is 5. The van der Waals surface area contributed by atoms with Crippen LogP contribution in [0.4, 0.5) is 18.0 Å². The third kappa shape index (κ3) is 6.70. The molecule has 2 N–H and O–H groups in total. The van der Waals surface area contributed by atoms with Gasteiger partial charge >= 0.3 is 12.3 Å². The molecule has 0 spiro atoms. The van der Waals surface area contributed by atoms with Crippen LogP contribution in [0.2, 0.25) is 5.02 Å². The number of carbonyl (C=O) groups is 3. The zero-order valence-electron chi connectivity index (χ0n) is 15.3. The van der Waals surface area contributed by atoms with Crippen molar-refractivity contribution in [3.63, 3.8) is 0 Å². The fraction of sp³-hybridized carbons (Fsp3) is 0.471. The molecule has 0 radical (unpaired) electrons. The summed E-state index contributed by atoms with van der Waals surface area (Å²) in [5.41, 5.74) is 4.68. The molecule has 1 fully saturated rings. The number of benzene rings is 1. The molecule has 29 heavy (non-hydrogen) atoms. The maximum absolute atomic E-state index is 12.2. The largest absolute Gasteiger partial charge is 0.496 e. The molecule has 1 aliphatic heterocycles. The van der Waals surface area contributed by atoms with E-state index in [0.29, 0.717) is 5.02 Å². The number of hydrazine groups is 1. The van der Waals surface area contributed by atoms with Gasteiger partial charge in [-0.05, 0) is 31.0 Å². The predicted molar refractivity (Wildman–Crippen MR) is 95.3 cm³/mol. The molecule has 0 aromatic heterocycles. The van der Waals surface area contributed by atoms with Gasteiger partial charge in [-0.15, -0.1) is 0 Å². The number of amides is 3. The first-order valence-electron chi connectivity index (χ1n) is 8.53. The highest BCUT2D eigenvalue weighted by Gasteiger charge is 2.33. The van der Waals surface area contributed by atoms with Crippen molar-refractivity contribution in [2.24, 2.45) is 5.92 Å². The molecule has 160 valence electrons. The summed E-state index contributed by atoms with van der Waals surface area (Å²) < 4.78 is 45.5. The van der Waals surface area contributed by atoms with Crippen LogP contribution in [0, 0.1) is 5.92 Å². The average molecular weight is 438 g/mol. The van der Waals surface area contributed by atoms with Crippen molar-refractivity contribution in [3.05, 3.63) is 28.8 Å². The molecule has 1 aliphatic rings. The molecule has 1 saturated heterocycles. The van der Waals surface area contributed by atoms with Crippen molar-refractivity contribution in [3.8, 4) is 5.75 Å². The van der Waals surface area contributed by atoms with E-state index in [0.717, 1.165) is 4.90 Å². The quantitative estimate of drug-likeness (QED) is 0.705. The topological polar surface area (TPSA) is 97.0 Å². The molecule has 0 saturated carbocycles. The first-order chi connectivity index (χ1) is 13.6. The minimum atomic E-state index is -4.60. The monoisotopic (exact) mass is 437 g/mol. The standard InChI is InChI=1S/C17H19ClF3N3O5/c1-28-13-3-2-11(18)8-12(13)15(26)23-22-14(25)10-4-6-24(7-5-10)16(27)29-9-17(19,20)21/h2-3,8,10H,4-7,9H2,1H3,(H,22,25)(H,23,26). The molecule has 0 atom stereocenters. The van der Waals surface area contributed by atoms with Crippen LogP contribution in [-0.2, 0) is 9.53 Å². The number of alkyl halides is 3. The van der Waals surface area contributed by atoms with Crippen LogP contribution in [0.25, 0.3) is 0 Å². The number of ether oxygens (including phenoxy) is 2. The number of hydrogen-bond donors (Lipinski definition) is 2. The second-order valence-corrected chi connectivity index (χ2v) is 6.66. The van der Waals surface area contributed by atoms with E-state index >= 15 is 0 Å². The van der Waals surface area contributed by atoms with Gasteiger partial charge in [0.1, 0.15) is 5.75 Å². The van der Waals surface area contributed by atoms with E-state index in [1.807, 2.05) is 0 Å². The molecule has 3 amide bonds. The second kappa shape index (κ2) is 9.68. The zero-order chi connectivity index (χ0) is 21.6. The Kier molecular flexibility index (Phi) is 7.54. The fourth-order valence-electron chi connectivity index (χ4n) is 2.70. The van der Waals surface area contributed by atoms with Gasteiger partial charge in [0.2, 0.25) is 5.91 Å². The van der Waals surface area contributed by atoms with Crippen LogP contribution >= 0.6 is 11.6 Å². The Morgan fingerprint density at radius 2 is 1.86 bits per heavy atom. The van der Waals surface area contributed by atoms with E-state index < -0.39 is 36.6 Å². The number of halogens is 4. The van der Waals surface area contributed by atoms with Crippen molar-refractivity contribution in [2.45, 2.75) is 19.0 Å². The van der Waals surface area contributed by atoms with Crippen molar-refractivity contribution in [1.29, 1.82) is 0 Å². The lowest BCUT2D eigenvalue weighted by atomic mass is 9.96. The Hall–Kier alpha value is -2.69. The van der Waals surface area contributed by atoms with Crippen molar-refractivity contribution in [1.82, 2.24) is 15.8 Å². The van der Waals surface area contributed by atoms with Crippen LogP contribution in [0.1, 0.15) is 23.2 Å². The van der Waals surface area contributed by atoms with Gasteiger partial charge in [-0.25, -0.2) is 4.79 Å². The van der Waals surface area contributed by atoms with Crippen molar-refractivity contribution < 1.29 is 37.0 Å². The maximum Gasteiger partial charge on any atom is 0.422 e. The van der Waals surface area contributed by atoms with E-state index in [1.165, 1.54) is 19.2 Å². The number of nitrogens with one attached hydrogen (secondary N) is 2. The summed E-state index contributed by atoms with van der Waals surface area (Å²) in [6.45, 7) is -1.54. The van der Waals surface area contributed by atoms with Gasteiger partial charge in [0.15, 0.2) is 6.61 Å². The highest BCUT2D eigenvalue weighted by Crippen LogP contribution is 2.23. The number of likely N-dealkylation sites (tertiary alicyclic amines) is 1. The van der Waals surface area contributed by atoms with E-state index in [4.69, 9.17) is 16.3 Å². The van der Waals surface area contributed by atoms with E-state index in [-0.39, 0.29) is 37.2 Å². The molecule has 12 heteroatoms. The molecular weight excluding hydrogens is 419 g/mol. The summed E-state index contributed by atoms with van der Waals surface area (Å²) in [7, 11) is 1.38. The summed E-state index contributed by atoms with van der Waals surface area (Å²) in [5, 5.41) is 0.312. The molecule has 2 rings (SSSR count). The van der Waals surface area contributed by atoms with E-state index in [9.17, 15) is 27.6 Å². The average Bonchev–Trinajstić information content (AvgIpc) is 2.69. The van der Waals surface area contributed by atoms with Gasteiger partial charge < -0.3 is 14.4 Å². The first-order valence-corrected chi connectivity index (χ1v) is 8.90. The molecule has 1 aromatic rings. The smallest absolute Gasteiger partial charge is 0.422 e. The lowest BCUT2D eigenvalue weighted by Crippen LogP contribution is -2.48. The maximum atomic E-state index is 12.2. The highest BCUT2D eigenvalue weighted by molar-refractivity contribution is 6.31.